The van der Waals surface area contributed by atoms with Gasteiger partial charge in [0.05, 0.1) is 23.6 Å². The summed E-state index contributed by atoms with van der Waals surface area (Å²) in [6.45, 7) is 1.45. The minimum atomic E-state index is -1.86. The predicted molar refractivity (Wildman–Crippen MR) is 139 cm³/mol. The van der Waals surface area contributed by atoms with Crippen LogP contribution >= 0.6 is 0 Å². The van der Waals surface area contributed by atoms with Crippen molar-refractivity contribution in [1.29, 1.82) is 0 Å². The van der Waals surface area contributed by atoms with Gasteiger partial charge < -0.3 is 14.9 Å². The van der Waals surface area contributed by atoms with Crippen molar-refractivity contribution in [3.05, 3.63) is 60.2 Å². The zero-order valence-corrected chi connectivity index (χ0v) is 21.5. The molecule has 3 amide bonds. The fourth-order valence-electron chi connectivity index (χ4n) is 6.51. The van der Waals surface area contributed by atoms with E-state index in [4.69, 9.17) is 0 Å². The highest BCUT2D eigenvalue weighted by atomic mass is 16.4. The number of nitrogens with zero attached hydrogens (tertiary/aromatic N) is 3. The summed E-state index contributed by atoms with van der Waals surface area (Å²) in [4.78, 5) is 59.4. The molecule has 4 atom stereocenters. The second-order valence-corrected chi connectivity index (χ2v) is 10.8. The quantitative estimate of drug-likeness (QED) is 0.622. The van der Waals surface area contributed by atoms with Gasteiger partial charge in [-0.15, -0.1) is 0 Å². The Kier molecular flexibility index (Phi) is 6.30. The first-order valence-electron chi connectivity index (χ1n) is 12.9. The fourth-order valence-corrected chi connectivity index (χ4v) is 6.51. The van der Waals surface area contributed by atoms with E-state index in [1.807, 2.05) is 43.3 Å². The van der Waals surface area contributed by atoms with Crippen molar-refractivity contribution in [2.24, 2.45) is 17.8 Å². The molecule has 2 aromatic rings. The van der Waals surface area contributed by atoms with Crippen LogP contribution in [0.5, 0.6) is 0 Å². The molecule has 0 spiro atoms. The highest BCUT2D eigenvalue weighted by molar-refractivity contribution is 6.24. The van der Waals surface area contributed by atoms with Gasteiger partial charge in [-0.05, 0) is 49.6 Å². The summed E-state index contributed by atoms with van der Waals surface area (Å²) in [6.07, 6.45) is 4.23. The lowest BCUT2D eigenvalue weighted by atomic mass is 9.80. The number of hydrogen-bond donors (Lipinski definition) is 1. The van der Waals surface area contributed by atoms with Gasteiger partial charge in [-0.3, -0.25) is 14.4 Å². The van der Waals surface area contributed by atoms with E-state index >= 15 is 0 Å². The zero-order chi connectivity index (χ0) is 26.5. The summed E-state index contributed by atoms with van der Waals surface area (Å²) in [7, 11) is 3.83. The molecule has 0 radical (unpaired) electrons. The molecule has 3 fully saturated rings. The summed E-state index contributed by atoms with van der Waals surface area (Å²) in [5.74, 6) is -5.07. The van der Waals surface area contributed by atoms with Crippen molar-refractivity contribution in [2.75, 3.05) is 23.9 Å². The first kappa shape index (κ1) is 25.0. The van der Waals surface area contributed by atoms with E-state index in [-0.39, 0.29) is 11.8 Å². The molecule has 37 heavy (non-hydrogen) atoms. The van der Waals surface area contributed by atoms with E-state index in [1.165, 1.54) is 11.8 Å². The lowest BCUT2D eigenvalue weighted by molar-refractivity contribution is -0.163. The third-order valence-corrected chi connectivity index (χ3v) is 8.47. The molecule has 1 aliphatic carbocycles. The van der Waals surface area contributed by atoms with Crippen molar-refractivity contribution in [1.82, 2.24) is 4.90 Å². The topological polar surface area (TPSA) is 98.2 Å². The average Bonchev–Trinajstić information content (AvgIpc) is 3.34. The van der Waals surface area contributed by atoms with E-state index < -0.39 is 41.2 Å². The number of imide groups is 1. The average molecular weight is 504 g/mol. The molecule has 4 unspecified atom stereocenters. The maximum atomic E-state index is 14.1. The minimum Gasteiger partial charge on any atom is -0.479 e. The molecule has 8 heteroatoms. The SMILES string of the molecule is CN(C)c1ccc(C2C3C(=O)N(c4ccccc4)C(=O)C3C(C)(C(=O)O)N2C(=O)C2CCCCC2)cc1. The second-order valence-electron chi connectivity index (χ2n) is 10.8. The van der Waals surface area contributed by atoms with E-state index in [2.05, 4.69) is 0 Å². The van der Waals surface area contributed by atoms with Gasteiger partial charge >= 0.3 is 5.97 Å². The van der Waals surface area contributed by atoms with Gasteiger partial charge in [-0.2, -0.15) is 0 Å². The molecular weight excluding hydrogens is 470 g/mol. The van der Waals surface area contributed by atoms with Crippen molar-refractivity contribution < 1.29 is 24.3 Å². The highest BCUT2D eigenvalue weighted by Crippen LogP contribution is 2.56. The van der Waals surface area contributed by atoms with Crippen LogP contribution in [0.15, 0.2) is 54.6 Å². The van der Waals surface area contributed by atoms with Gasteiger partial charge in [0.25, 0.3) is 0 Å². The summed E-state index contributed by atoms with van der Waals surface area (Å²) in [6, 6.07) is 15.2. The standard InChI is InChI=1S/C29H33N3O5/c1-29(28(36)37)23-22(26(34)31(27(23)35)21-12-8-5-9-13-21)24(18-14-16-20(17-15-18)30(2)3)32(29)25(33)19-10-6-4-7-11-19/h5,8-9,12-17,19,22-24H,4,6-7,10-11H2,1-3H3,(H,36,37). The molecule has 3 aliphatic rings. The van der Waals surface area contributed by atoms with Gasteiger partial charge in [-0.25, -0.2) is 9.69 Å². The molecule has 1 saturated carbocycles. The molecule has 0 aromatic heterocycles. The van der Waals surface area contributed by atoms with Crippen LogP contribution in [0.3, 0.4) is 0 Å². The predicted octanol–water partition coefficient (Wildman–Crippen LogP) is 3.87. The van der Waals surface area contributed by atoms with Crippen LogP contribution in [0.2, 0.25) is 0 Å². The number of carboxylic acids is 1. The van der Waals surface area contributed by atoms with E-state index in [0.717, 1.165) is 29.8 Å². The first-order valence-corrected chi connectivity index (χ1v) is 12.9. The summed E-state index contributed by atoms with van der Waals surface area (Å²) in [5.41, 5.74) is 0.141. The lowest BCUT2D eigenvalue weighted by Gasteiger charge is -2.41. The molecule has 1 N–H and O–H groups in total. The third kappa shape index (κ3) is 3.81. The Balaban J connectivity index is 1.67. The molecule has 5 rings (SSSR count). The van der Waals surface area contributed by atoms with Crippen molar-refractivity contribution >= 4 is 35.1 Å². The van der Waals surface area contributed by atoms with Crippen LogP contribution in [0, 0.1) is 17.8 Å². The van der Waals surface area contributed by atoms with Gasteiger partial charge in [0.1, 0.15) is 0 Å². The molecule has 2 aliphatic heterocycles. The Hall–Kier alpha value is -3.68. The van der Waals surface area contributed by atoms with E-state index in [0.29, 0.717) is 24.1 Å². The Morgan fingerprint density at radius 1 is 0.919 bits per heavy atom. The fraction of sp³-hybridized carbons (Fsp3) is 0.448. The Labute approximate surface area is 216 Å². The number of anilines is 2. The number of para-hydroxylation sites is 1. The van der Waals surface area contributed by atoms with Crippen LogP contribution in [-0.4, -0.2) is 53.3 Å². The maximum absolute atomic E-state index is 14.1. The number of rotatable bonds is 5. The molecular formula is C29H33N3O5. The number of amides is 3. The van der Waals surface area contributed by atoms with Gasteiger partial charge in [0.15, 0.2) is 5.54 Å². The third-order valence-electron chi connectivity index (χ3n) is 8.47. The highest BCUT2D eigenvalue weighted by Gasteiger charge is 2.72. The van der Waals surface area contributed by atoms with Crippen LogP contribution in [0.4, 0.5) is 11.4 Å². The summed E-state index contributed by atoms with van der Waals surface area (Å²) < 4.78 is 0. The van der Waals surface area contributed by atoms with Gasteiger partial charge in [0.2, 0.25) is 17.7 Å². The molecule has 0 bridgehead atoms. The lowest BCUT2D eigenvalue weighted by Crippen LogP contribution is -2.58. The number of likely N-dealkylation sites (tertiary alicyclic amines) is 1. The second kappa shape index (κ2) is 9.32. The number of benzene rings is 2. The van der Waals surface area contributed by atoms with Crippen LogP contribution in [-0.2, 0) is 19.2 Å². The van der Waals surface area contributed by atoms with E-state index in [9.17, 15) is 24.3 Å². The van der Waals surface area contributed by atoms with Crippen molar-refractivity contribution in [2.45, 2.75) is 50.6 Å². The van der Waals surface area contributed by atoms with Crippen LogP contribution in [0.25, 0.3) is 0 Å². The summed E-state index contributed by atoms with van der Waals surface area (Å²) >= 11 is 0. The van der Waals surface area contributed by atoms with Crippen LogP contribution in [0.1, 0.15) is 50.6 Å². The Morgan fingerprint density at radius 2 is 1.54 bits per heavy atom. The van der Waals surface area contributed by atoms with Crippen LogP contribution < -0.4 is 9.80 Å². The monoisotopic (exact) mass is 503 g/mol. The van der Waals surface area contributed by atoms with Gasteiger partial charge in [-0.1, -0.05) is 49.6 Å². The Bertz CT molecular complexity index is 1220. The minimum absolute atomic E-state index is 0.271. The number of carbonyl (C=O) groups is 4. The maximum Gasteiger partial charge on any atom is 0.330 e. The van der Waals surface area contributed by atoms with Gasteiger partial charge in [0, 0.05) is 25.7 Å². The molecule has 2 saturated heterocycles. The molecule has 2 heterocycles. The zero-order valence-electron chi connectivity index (χ0n) is 21.5. The number of hydrogen-bond acceptors (Lipinski definition) is 5. The molecule has 2 aromatic carbocycles. The molecule has 194 valence electrons. The first-order chi connectivity index (χ1) is 17.7. The smallest absolute Gasteiger partial charge is 0.330 e. The summed E-state index contributed by atoms with van der Waals surface area (Å²) in [5, 5.41) is 10.6. The normalized spacial score (nSPS) is 27.9. The number of carboxylic acid groups (broad SMARTS) is 1. The largest absolute Gasteiger partial charge is 0.479 e. The van der Waals surface area contributed by atoms with Crippen molar-refractivity contribution in [3.8, 4) is 0 Å². The number of aliphatic carboxylic acids is 1. The molecule has 8 nitrogen and oxygen atoms in total. The number of carbonyl (C=O) groups excluding carboxylic acids is 3. The van der Waals surface area contributed by atoms with Crippen molar-refractivity contribution in [3.63, 3.8) is 0 Å². The Morgan fingerprint density at radius 3 is 2.11 bits per heavy atom. The number of fused-ring (bicyclic) bond motifs is 1. The van der Waals surface area contributed by atoms with E-state index in [1.54, 1.807) is 30.3 Å².